The smallest absolute Gasteiger partial charge is 0.123 e. The zero-order chi connectivity index (χ0) is 14.7. The highest BCUT2D eigenvalue weighted by molar-refractivity contribution is 5.75. The third-order valence-electron chi connectivity index (χ3n) is 4.63. The summed E-state index contributed by atoms with van der Waals surface area (Å²) in [5.41, 5.74) is 2.81. The van der Waals surface area contributed by atoms with Gasteiger partial charge in [0.15, 0.2) is 0 Å². The number of hydrogen-bond acceptors (Lipinski definition) is 3. The lowest BCUT2D eigenvalue weighted by Crippen LogP contribution is -2.26. The van der Waals surface area contributed by atoms with E-state index in [-0.39, 0.29) is 0 Å². The SMILES string of the molecule is CCn1c(CNCC2(CCOC)CC2)nc2ccccc21. The highest BCUT2D eigenvalue weighted by atomic mass is 16.5. The van der Waals surface area contributed by atoms with Crippen LogP contribution in [0.2, 0.25) is 0 Å². The molecule has 1 aromatic carbocycles. The Kier molecular flexibility index (Phi) is 4.27. The predicted octanol–water partition coefficient (Wildman–Crippen LogP) is 2.96. The van der Waals surface area contributed by atoms with Crippen LogP contribution in [0.15, 0.2) is 24.3 Å². The number of aryl methyl sites for hydroxylation is 1. The topological polar surface area (TPSA) is 39.1 Å². The molecule has 0 aliphatic heterocycles. The number of aromatic nitrogens is 2. The Labute approximate surface area is 126 Å². The second-order valence-corrected chi connectivity index (χ2v) is 6.11. The van der Waals surface area contributed by atoms with Crippen LogP contribution in [0, 0.1) is 5.41 Å². The van der Waals surface area contributed by atoms with Crippen LogP contribution in [0.1, 0.15) is 32.0 Å². The Morgan fingerprint density at radius 2 is 2.14 bits per heavy atom. The van der Waals surface area contributed by atoms with Gasteiger partial charge in [0.2, 0.25) is 0 Å². The number of nitrogens with zero attached hydrogens (tertiary/aromatic N) is 2. The van der Waals surface area contributed by atoms with E-state index in [1.54, 1.807) is 7.11 Å². The summed E-state index contributed by atoms with van der Waals surface area (Å²) in [6, 6.07) is 8.37. The van der Waals surface area contributed by atoms with Crippen LogP contribution in [-0.4, -0.2) is 29.8 Å². The molecule has 0 bridgehead atoms. The number of methoxy groups -OCH3 is 1. The molecule has 0 saturated heterocycles. The molecule has 1 heterocycles. The lowest BCUT2D eigenvalue weighted by atomic mass is 10.0. The highest BCUT2D eigenvalue weighted by Crippen LogP contribution is 2.48. The molecule has 4 nitrogen and oxygen atoms in total. The lowest BCUT2D eigenvalue weighted by Gasteiger charge is -2.15. The first kappa shape index (κ1) is 14.5. The predicted molar refractivity (Wildman–Crippen MR) is 85.3 cm³/mol. The van der Waals surface area contributed by atoms with Crippen molar-refractivity contribution in [3.05, 3.63) is 30.1 Å². The van der Waals surface area contributed by atoms with Gasteiger partial charge in [0.1, 0.15) is 5.82 Å². The van der Waals surface area contributed by atoms with Crippen LogP contribution in [0.4, 0.5) is 0 Å². The van der Waals surface area contributed by atoms with Crippen molar-refractivity contribution in [3.8, 4) is 0 Å². The number of fused-ring (bicyclic) bond motifs is 1. The number of rotatable bonds is 8. The van der Waals surface area contributed by atoms with Crippen LogP contribution >= 0.6 is 0 Å². The highest BCUT2D eigenvalue weighted by Gasteiger charge is 2.41. The largest absolute Gasteiger partial charge is 0.385 e. The molecule has 114 valence electrons. The summed E-state index contributed by atoms with van der Waals surface area (Å²) in [6.45, 7) is 5.93. The maximum atomic E-state index is 5.21. The fourth-order valence-corrected chi connectivity index (χ4v) is 3.06. The maximum absolute atomic E-state index is 5.21. The van der Waals surface area contributed by atoms with Crippen LogP contribution in [-0.2, 0) is 17.8 Å². The number of benzene rings is 1. The molecule has 3 rings (SSSR count). The third kappa shape index (κ3) is 3.11. The van der Waals surface area contributed by atoms with Gasteiger partial charge in [-0.05, 0) is 43.7 Å². The van der Waals surface area contributed by atoms with Crippen molar-refractivity contribution < 1.29 is 4.74 Å². The van der Waals surface area contributed by atoms with Crippen LogP contribution in [0.5, 0.6) is 0 Å². The lowest BCUT2D eigenvalue weighted by molar-refractivity contribution is 0.171. The van der Waals surface area contributed by atoms with E-state index < -0.39 is 0 Å². The van der Waals surface area contributed by atoms with Crippen molar-refractivity contribution >= 4 is 11.0 Å². The molecule has 0 amide bonds. The molecule has 1 N–H and O–H groups in total. The number of ether oxygens (including phenoxy) is 1. The fourth-order valence-electron chi connectivity index (χ4n) is 3.06. The summed E-state index contributed by atoms with van der Waals surface area (Å²) in [6.07, 6.45) is 3.82. The number of hydrogen-bond donors (Lipinski definition) is 1. The first-order valence-electron chi connectivity index (χ1n) is 7.92. The monoisotopic (exact) mass is 287 g/mol. The van der Waals surface area contributed by atoms with E-state index in [2.05, 4.69) is 41.1 Å². The van der Waals surface area contributed by atoms with Crippen molar-refractivity contribution in [2.45, 2.75) is 39.3 Å². The minimum absolute atomic E-state index is 0.485. The number of para-hydroxylation sites is 2. The molecule has 1 aromatic heterocycles. The second-order valence-electron chi connectivity index (χ2n) is 6.11. The third-order valence-corrected chi connectivity index (χ3v) is 4.63. The summed E-state index contributed by atoms with van der Waals surface area (Å²) in [5.74, 6) is 1.14. The van der Waals surface area contributed by atoms with Crippen molar-refractivity contribution in [3.63, 3.8) is 0 Å². The minimum Gasteiger partial charge on any atom is -0.385 e. The minimum atomic E-state index is 0.485. The molecule has 1 aliphatic rings. The molecule has 0 spiro atoms. The molecular weight excluding hydrogens is 262 g/mol. The first-order valence-corrected chi connectivity index (χ1v) is 7.92. The van der Waals surface area contributed by atoms with Gasteiger partial charge < -0.3 is 14.6 Å². The number of nitrogens with one attached hydrogen (secondary N) is 1. The zero-order valence-corrected chi connectivity index (χ0v) is 13.1. The Bertz CT molecular complexity index is 601. The van der Waals surface area contributed by atoms with Gasteiger partial charge >= 0.3 is 0 Å². The van der Waals surface area contributed by atoms with Crippen molar-refractivity contribution in [2.24, 2.45) is 5.41 Å². The fraction of sp³-hybridized carbons (Fsp3) is 0.588. The van der Waals surface area contributed by atoms with Crippen LogP contribution in [0.25, 0.3) is 11.0 Å². The van der Waals surface area contributed by atoms with Gasteiger partial charge in [0.05, 0.1) is 17.6 Å². The molecule has 2 aromatic rings. The Morgan fingerprint density at radius 3 is 2.86 bits per heavy atom. The first-order chi connectivity index (χ1) is 10.3. The van der Waals surface area contributed by atoms with E-state index in [1.807, 2.05) is 0 Å². The molecule has 0 unspecified atom stereocenters. The standard InChI is InChI=1S/C17H25N3O/c1-3-20-15-7-5-4-6-14(15)19-16(20)12-18-13-17(8-9-17)10-11-21-2/h4-7,18H,3,8-13H2,1-2H3. The Hall–Kier alpha value is -1.39. The van der Waals surface area contributed by atoms with Gasteiger partial charge in [-0.2, -0.15) is 0 Å². The van der Waals surface area contributed by atoms with E-state index in [9.17, 15) is 0 Å². The summed E-state index contributed by atoms with van der Waals surface area (Å²) in [5, 5.41) is 3.61. The van der Waals surface area contributed by atoms with Gasteiger partial charge in [0.25, 0.3) is 0 Å². The van der Waals surface area contributed by atoms with Crippen LogP contribution in [0.3, 0.4) is 0 Å². The molecular formula is C17H25N3O. The van der Waals surface area contributed by atoms with E-state index >= 15 is 0 Å². The Balaban J connectivity index is 1.63. The van der Waals surface area contributed by atoms with E-state index in [1.165, 1.54) is 24.8 Å². The summed E-state index contributed by atoms with van der Waals surface area (Å²) in [4.78, 5) is 4.76. The van der Waals surface area contributed by atoms with Crippen LogP contribution < -0.4 is 5.32 Å². The molecule has 1 saturated carbocycles. The average molecular weight is 287 g/mol. The van der Waals surface area contributed by atoms with Gasteiger partial charge in [0, 0.05) is 26.8 Å². The normalized spacial score (nSPS) is 16.5. The van der Waals surface area contributed by atoms with Gasteiger partial charge in [-0.15, -0.1) is 0 Å². The average Bonchev–Trinajstić information content (AvgIpc) is 3.18. The zero-order valence-electron chi connectivity index (χ0n) is 13.1. The summed E-state index contributed by atoms with van der Waals surface area (Å²) in [7, 11) is 1.78. The van der Waals surface area contributed by atoms with Gasteiger partial charge in [-0.1, -0.05) is 12.1 Å². The van der Waals surface area contributed by atoms with Gasteiger partial charge in [-0.3, -0.25) is 0 Å². The molecule has 1 aliphatic carbocycles. The van der Waals surface area contributed by atoms with Crippen molar-refractivity contribution in [1.29, 1.82) is 0 Å². The quantitative estimate of drug-likeness (QED) is 0.811. The molecule has 1 fully saturated rings. The maximum Gasteiger partial charge on any atom is 0.123 e. The second kappa shape index (κ2) is 6.16. The molecule has 21 heavy (non-hydrogen) atoms. The molecule has 0 atom stereocenters. The van der Waals surface area contributed by atoms with E-state index in [0.29, 0.717) is 5.41 Å². The summed E-state index contributed by atoms with van der Waals surface area (Å²) >= 11 is 0. The van der Waals surface area contributed by atoms with E-state index in [4.69, 9.17) is 9.72 Å². The van der Waals surface area contributed by atoms with Gasteiger partial charge in [-0.25, -0.2) is 4.98 Å². The van der Waals surface area contributed by atoms with Crippen molar-refractivity contribution in [2.75, 3.05) is 20.3 Å². The number of imidazole rings is 1. The molecule has 0 radical (unpaired) electrons. The Morgan fingerprint density at radius 1 is 1.33 bits per heavy atom. The summed E-state index contributed by atoms with van der Waals surface area (Å²) < 4.78 is 7.52. The van der Waals surface area contributed by atoms with E-state index in [0.717, 1.165) is 37.6 Å². The van der Waals surface area contributed by atoms with Crippen molar-refractivity contribution in [1.82, 2.24) is 14.9 Å². The molecule has 4 heteroatoms.